The molecule has 1 fully saturated rings. The number of aromatic nitrogens is 2. The van der Waals surface area contributed by atoms with E-state index in [-0.39, 0.29) is 17.5 Å². The number of morpholine rings is 1. The molecule has 2 heterocycles. The highest BCUT2D eigenvalue weighted by molar-refractivity contribution is 5.90. The van der Waals surface area contributed by atoms with Crippen LogP contribution >= 0.6 is 0 Å². The molecule has 1 aliphatic rings. The van der Waals surface area contributed by atoms with Crippen molar-refractivity contribution in [3.05, 3.63) is 17.5 Å². The lowest BCUT2D eigenvalue weighted by Gasteiger charge is -2.28. The van der Waals surface area contributed by atoms with Crippen molar-refractivity contribution in [2.24, 2.45) is 7.05 Å². The van der Waals surface area contributed by atoms with Crippen LogP contribution in [0.1, 0.15) is 43.7 Å². The number of ether oxygens (including phenoxy) is 2. The zero-order valence-corrected chi connectivity index (χ0v) is 14.3. The molecule has 1 aromatic heterocycles. The fourth-order valence-electron chi connectivity index (χ4n) is 2.62. The van der Waals surface area contributed by atoms with Gasteiger partial charge in [-0.3, -0.25) is 9.58 Å². The summed E-state index contributed by atoms with van der Waals surface area (Å²) in [6, 6.07) is 0. The van der Waals surface area contributed by atoms with Crippen LogP contribution in [-0.4, -0.2) is 59.6 Å². The zero-order valence-electron chi connectivity index (χ0n) is 14.3. The van der Waals surface area contributed by atoms with Gasteiger partial charge in [-0.15, -0.1) is 0 Å². The van der Waals surface area contributed by atoms with Gasteiger partial charge in [-0.2, -0.15) is 5.10 Å². The molecule has 0 aliphatic carbocycles. The summed E-state index contributed by atoms with van der Waals surface area (Å²) in [4.78, 5) is 14.7. The van der Waals surface area contributed by atoms with Crippen molar-refractivity contribution in [3.8, 4) is 0 Å². The average molecular weight is 309 g/mol. The van der Waals surface area contributed by atoms with Crippen molar-refractivity contribution in [3.63, 3.8) is 0 Å². The van der Waals surface area contributed by atoms with Crippen LogP contribution in [0.4, 0.5) is 0 Å². The number of carbonyl (C=O) groups is 1. The third-order valence-corrected chi connectivity index (χ3v) is 3.69. The quantitative estimate of drug-likeness (QED) is 0.791. The van der Waals surface area contributed by atoms with Crippen LogP contribution in [0.15, 0.2) is 6.20 Å². The standard InChI is InChI=1S/C16H27N3O3/c1-12(10-19-6-8-21-9-7-19)22-15(20)13-11-18(5)17-14(13)16(2,3)4/h11-12H,6-10H2,1-5H3/t12-/m0/s1. The molecule has 0 aromatic carbocycles. The predicted octanol–water partition coefficient (Wildman–Crippen LogP) is 1.60. The largest absolute Gasteiger partial charge is 0.458 e. The molecule has 6 nitrogen and oxygen atoms in total. The molecule has 2 rings (SSSR count). The summed E-state index contributed by atoms with van der Waals surface area (Å²) in [5, 5.41) is 4.41. The van der Waals surface area contributed by atoms with Gasteiger partial charge in [0.15, 0.2) is 0 Å². The molecular weight excluding hydrogens is 282 g/mol. The summed E-state index contributed by atoms with van der Waals surface area (Å²) in [6.07, 6.45) is 1.59. The molecule has 0 radical (unpaired) electrons. The number of carbonyl (C=O) groups excluding carboxylic acids is 1. The molecule has 124 valence electrons. The first-order valence-corrected chi connectivity index (χ1v) is 7.82. The van der Waals surface area contributed by atoms with E-state index in [1.165, 1.54) is 0 Å². The van der Waals surface area contributed by atoms with Gasteiger partial charge >= 0.3 is 5.97 Å². The molecule has 0 unspecified atom stereocenters. The number of hydrogen-bond acceptors (Lipinski definition) is 5. The topological polar surface area (TPSA) is 56.6 Å². The Bertz CT molecular complexity index is 513. The van der Waals surface area contributed by atoms with Gasteiger partial charge < -0.3 is 9.47 Å². The molecule has 0 spiro atoms. The van der Waals surface area contributed by atoms with Gasteiger partial charge in [0.25, 0.3) is 0 Å². The molecule has 1 aliphatic heterocycles. The van der Waals surface area contributed by atoms with Gasteiger partial charge in [0.1, 0.15) is 11.7 Å². The number of nitrogens with zero attached hydrogens (tertiary/aromatic N) is 3. The van der Waals surface area contributed by atoms with Crippen molar-refractivity contribution in [1.82, 2.24) is 14.7 Å². The van der Waals surface area contributed by atoms with Crippen LogP contribution in [0.2, 0.25) is 0 Å². The minimum Gasteiger partial charge on any atom is -0.458 e. The molecule has 0 bridgehead atoms. The normalized spacial score (nSPS) is 18.2. The van der Waals surface area contributed by atoms with Crippen LogP contribution < -0.4 is 0 Å². The Kier molecular flexibility index (Phi) is 5.24. The molecule has 1 atom stereocenters. The summed E-state index contributed by atoms with van der Waals surface area (Å²) in [5.41, 5.74) is 1.14. The Morgan fingerprint density at radius 3 is 2.64 bits per heavy atom. The molecule has 0 N–H and O–H groups in total. The smallest absolute Gasteiger partial charge is 0.341 e. The fraction of sp³-hybridized carbons (Fsp3) is 0.750. The van der Waals surface area contributed by atoms with E-state index in [0.717, 1.165) is 38.5 Å². The molecule has 0 saturated carbocycles. The second-order valence-electron chi connectivity index (χ2n) is 6.94. The zero-order chi connectivity index (χ0) is 16.3. The Morgan fingerprint density at radius 2 is 2.05 bits per heavy atom. The second kappa shape index (κ2) is 6.79. The Labute approximate surface area is 132 Å². The summed E-state index contributed by atoms with van der Waals surface area (Å²) in [5.74, 6) is -0.293. The lowest BCUT2D eigenvalue weighted by molar-refractivity contribution is 0.000318. The highest BCUT2D eigenvalue weighted by atomic mass is 16.5. The maximum Gasteiger partial charge on any atom is 0.341 e. The first-order valence-electron chi connectivity index (χ1n) is 7.82. The second-order valence-corrected chi connectivity index (χ2v) is 6.94. The maximum atomic E-state index is 12.5. The Hall–Kier alpha value is -1.40. The molecule has 22 heavy (non-hydrogen) atoms. The third-order valence-electron chi connectivity index (χ3n) is 3.69. The van der Waals surface area contributed by atoms with Gasteiger partial charge in [0.2, 0.25) is 0 Å². The fourth-order valence-corrected chi connectivity index (χ4v) is 2.62. The van der Waals surface area contributed by atoms with Gasteiger partial charge in [-0.1, -0.05) is 20.8 Å². The predicted molar refractivity (Wildman–Crippen MR) is 84.0 cm³/mol. The highest BCUT2D eigenvalue weighted by Gasteiger charge is 2.27. The molecule has 0 amide bonds. The lowest BCUT2D eigenvalue weighted by atomic mass is 9.89. The maximum absolute atomic E-state index is 12.5. The summed E-state index contributed by atoms with van der Waals surface area (Å²) in [6.45, 7) is 12.1. The SMILES string of the molecule is C[C@@H](CN1CCOCC1)OC(=O)c1cn(C)nc1C(C)(C)C. The van der Waals surface area contributed by atoms with E-state index >= 15 is 0 Å². The van der Waals surface area contributed by atoms with E-state index < -0.39 is 0 Å². The number of rotatable bonds is 4. The molecular formula is C16H27N3O3. The molecule has 1 saturated heterocycles. The van der Waals surface area contributed by atoms with Crippen LogP contribution in [-0.2, 0) is 21.9 Å². The van der Waals surface area contributed by atoms with Crippen LogP contribution in [0.3, 0.4) is 0 Å². The molecule has 1 aromatic rings. The van der Waals surface area contributed by atoms with E-state index in [0.29, 0.717) is 5.56 Å². The number of esters is 1. The average Bonchev–Trinajstić information content (AvgIpc) is 2.82. The van der Waals surface area contributed by atoms with Gasteiger partial charge in [-0.05, 0) is 6.92 Å². The van der Waals surface area contributed by atoms with E-state index in [1.807, 2.05) is 34.7 Å². The lowest BCUT2D eigenvalue weighted by Crippen LogP contribution is -2.41. The summed E-state index contributed by atoms with van der Waals surface area (Å²) in [7, 11) is 1.82. The van der Waals surface area contributed by atoms with Crippen molar-refractivity contribution in [1.29, 1.82) is 0 Å². The summed E-state index contributed by atoms with van der Waals surface area (Å²) < 4.78 is 12.6. The number of hydrogen-bond donors (Lipinski definition) is 0. The molecule has 6 heteroatoms. The number of aryl methyl sites for hydroxylation is 1. The van der Waals surface area contributed by atoms with Crippen LogP contribution in [0.25, 0.3) is 0 Å². The Morgan fingerprint density at radius 1 is 1.41 bits per heavy atom. The van der Waals surface area contributed by atoms with E-state index in [4.69, 9.17) is 9.47 Å². The van der Waals surface area contributed by atoms with E-state index in [2.05, 4.69) is 10.00 Å². The van der Waals surface area contributed by atoms with E-state index in [1.54, 1.807) is 10.9 Å². The Balaban J connectivity index is 1.99. The third kappa shape index (κ3) is 4.30. The first-order chi connectivity index (χ1) is 10.3. The minimum atomic E-state index is -0.293. The van der Waals surface area contributed by atoms with Gasteiger partial charge in [0.05, 0.1) is 18.9 Å². The highest BCUT2D eigenvalue weighted by Crippen LogP contribution is 2.25. The van der Waals surface area contributed by atoms with Crippen LogP contribution in [0, 0.1) is 0 Å². The summed E-state index contributed by atoms with van der Waals surface area (Å²) >= 11 is 0. The van der Waals surface area contributed by atoms with Gasteiger partial charge in [0, 0.05) is 38.3 Å². The van der Waals surface area contributed by atoms with Gasteiger partial charge in [-0.25, -0.2) is 4.79 Å². The van der Waals surface area contributed by atoms with Crippen LogP contribution in [0.5, 0.6) is 0 Å². The first kappa shape index (κ1) is 17.0. The van der Waals surface area contributed by atoms with Crippen molar-refractivity contribution >= 4 is 5.97 Å². The monoisotopic (exact) mass is 309 g/mol. The van der Waals surface area contributed by atoms with Crippen molar-refractivity contribution < 1.29 is 14.3 Å². The minimum absolute atomic E-state index is 0.154. The van der Waals surface area contributed by atoms with Crippen molar-refractivity contribution in [2.45, 2.75) is 39.2 Å². The van der Waals surface area contributed by atoms with Crippen molar-refractivity contribution in [2.75, 3.05) is 32.8 Å². The van der Waals surface area contributed by atoms with E-state index in [9.17, 15) is 4.79 Å².